The Balaban J connectivity index is 0. The molecule has 5 nitrogen and oxygen atoms in total. The lowest BCUT2D eigenvalue weighted by atomic mass is 10.0. The van der Waals surface area contributed by atoms with E-state index >= 15 is 0 Å². The van der Waals surface area contributed by atoms with Gasteiger partial charge < -0.3 is 15.9 Å². The fourth-order valence-corrected chi connectivity index (χ4v) is 3.24. The molecule has 0 unspecified atom stereocenters. The summed E-state index contributed by atoms with van der Waals surface area (Å²) in [6, 6.07) is 0. The molecule has 0 fully saturated rings. The Morgan fingerprint density at radius 3 is 1.03 bits per heavy atom. The van der Waals surface area contributed by atoms with Gasteiger partial charge in [-0.25, -0.2) is 0 Å². The minimum atomic E-state index is -0.870. The van der Waals surface area contributed by atoms with Crippen LogP contribution in [0.1, 0.15) is 135 Å². The fraction of sp³-hybridized carbons (Fsp3) is 0.917. The highest BCUT2D eigenvalue weighted by atomic mass is 16.4. The van der Waals surface area contributed by atoms with Gasteiger partial charge in [0.05, 0.1) is 0 Å². The van der Waals surface area contributed by atoms with Crippen molar-refractivity contribution < 1.29 is 19.8 Å². The van der Waals surface area contributed by atoms with Crippen LogP contribution in [0.3, 0.4) is 0 Å². The standard InChI is InChI=1S/C18H39N.C6H10O4/c1-2-3-4-5-6-7-8-9-10-11-12-13-14-15-16-17-18-19;7-5(8)3-1-2-4-6(9)10/h2-19H2,1H3;1-4H2,(H,7,8)(H,9,10). The van der Waals surface area contributed by atoms with Gasteiger partial charge in [-0.15, -0.1) is 0 Å². The first kappa shape index (κ1) is 30.1. The number of carboxylic acids is 2. The summed E-state index contributed by atoms with van der Waals surface area (Å²) in [6.07, 6.45) is 23.9. The molecular formula is C24H49NO4. The van der Waals surface area contributed by atoms with E-state index in [-0.39, 0.29) is 12.8 Å². The summed E-state index contributed by atoms with van der Waals surface area (Å²) in [5.41, 5.74) is 5.48. The summed E-state index contributed by atoms with van der Waals surface area (Å²) in [5, 5.41) is 16.3. The third-order valence-corrected chi connectivity index (χ3v) is 5.09. The van der Waals surface area contributed by atoms with Crippen molar-refractivity contribution in [2.24, 2.45) is 5.73 Å². The molecule has 0 atom stereocenters. The molecule has 0 aliphatic rings. The molecule has 0 saturated carbocycles. The second-order valence-corrected chi connectivity index (χ2v) is 8.09. The highest BCUT2D eigenvalue weighted by Gasteiger charge is 1.99. The van der Waals surface area contributed by atoms with E-state index in [0.717, 1.165) is 6.54 Å². The monoisotopic (exact) mass is 415 g/mol. The molecule has 0 aliphatic heterocycles. The minimum Gasteiger partial charge on any atom is -0.481 e. The van der Waals surface area contributed by atoms with E-state index < -0.39 is 11.9 Å². The Kier molecular flexibility index (Phi) is 27.9. The van der Waals surface area contributed by atoms with Crippen LogP contribution in [-0.4, -0.2) is 28.7 Å². The van der Waals surface area contributed by atoms with Gasteiger partial charge in [0.2, 0.25) is 0 Å². The summed E-state index contributed by atoms with van der Waals surface area (Å²) < 4.78 is 0. The fourth-order valence-electron chi connectivity index (χ4n) is 3.24. The number of hydrogen-bond donors (Lipinski definition) is 3. The molecule has 4 N–H and O–H groups in total. The van der Waals surface area contributed by atoms with E-state index in [1.807, 2.05) is 0 Å². The molecule has 0 rings (SSSR count). The van der Waals surface area contributed by atoms with Crippen LogP contribution in [0.2, 0.25) is 0 Å². The number of carbonyl (C=O) groups is 2. The number of rotatable bonds is 21. The predicted molar refractivity (Wildman–Crippen MR) is 122 cm³/mol. The van der Waals surface area contributed by atoms with Crippen molar-refractivity contribution in [1.82, 2.24) is 0 Å². The number of aliphatic carboxylic acids is 2. The molecule has 0 spiro atoms. The largest absolute Gasteiger partial charge is 0.481 e. The smallest absolute Gasteiger partial charge is 0.303 e. The molecule has 0 aromatic carbocycles. The van der Waals surface area contributed by atoms with E-state index in [1.165, 1.54) is 103 Å². The van der Waals surface area contributed by atoms with Crippen LogP contribution in [0.4, 0.5) is 0 Å². The molecular weight excluding hydrogens is 366 g/mol. The lowest BCUT2D eigenvalue weighted by Crippen LogP contribution is -1.97. The van der Waals surface area contributed by atoms with Gasteiger partial charge in [0.25, 0.3) is 0 Å². The van der Waals surface area contributed by atoms with Gasteiger partial charge in [-0.3, -0.25) is 9.59 Å². The van der Waals surface area contributed by atoms with E-state index in [2.05, 4.69) is 6.92 Å². The summed E-state index contributed by atoms with van der Waals surface area (Å²) in [6.45, 7) is 3.16. The van der Waals surface area contributed by atoms with E-state index in [9.17, 15) is 9.59 Å². The Morgan fingerprint density at radius 2 is 0.793 bits per heavy atom. The van der Waals surface area contributed by atoms with Crippen LogP contribution in [0.15, 0.2) is 0 Å². The Hall–Kier alpha value is -1.10. The Bertz CT molecular complexity index is 316. The van der Waals surface area contributed by atoms with Gasteiger partial charge in [0, 0.05) is 12.8 Å². The number of hydrogen-bond acceptors (Lipinski definition) is 3. The SMILES string of the molecule is CCCCCCCCCCCCCCCCCCN.O=C(O)CCCCC(=O)O. The zero-order valence-electron chi connectivity index (χ0n) is 19.1. The van der Waals surface area contributed by atoms with Crippen molar-refractivity contribution in [3.8, 4) is 0 Å². The third-order valence-electron chi connectivity index (χ3n) is 5.09. The van der Waals surface area contributed by atoms with Crippen LogP contribution >= 0.6 is 0 Å². The molecule has 0 radical (unpaired) electrons. The quantitative estimate of drug-likeness (QED) is 0.177. The number of nitrogens with two attached hydrogens (primary N) is 1. The lowest BCUT2D eigenvalue weighted by molar-refractivity contribution is -0.139. The zero-order valence-corrected chi connectivity index (χ0v) is 19.1. The van der Waals surface area contributed by atoms with Gasteiger partial charge in [-0.05, 0) is 25.8 Å². The molecule has 174 valence electrons. The Morgan fingerprint density at radius 1 is 0.517 bits per heavy atom. The summed E-state index contributed by atoms with van der Waals surface area (Å²) in [7, 11) is 0. The summed E-state index contributed by atoms with van der Waals surface area (Å²) >= 11 is 0. The first-order valence-corrected chi connectivity index (χ1v) is 12.2. The van der Waals surface area contributed by atoms with Crippen LogP contribution in [0, 0.1) is 0 Å². The molecule has 5 heteroatoms. The average Bonchev–Trinajstić information content (AvgIpc) is 2.68. The van der Waals surface area contributed by atoms with Crippen molar-refractivity contribution in [1.29, 1.82) is 0 Å². The lowest BCUT2D eigenvalue weighted by Gasteiger charge is -2.03. The van der Waals surface area contributed by atoms with Gasteiger partial charge in [0.1, 0.15) is 0 Å². The highest BCUT2D eigenvalue weighted by Crippen LogP contribution is 2.13. The van der Waals surface area contributed by atoms with E-state index in [1.54, 1.807) is 0 Å². The number of carboxylic acid groups (broad SMARTS) is 2. The van der Waals surface area contributed by atoms with E-state index in [4.69, 9.17) is 15.9 Å². The first-order chi connectivity index (χ1) is 14.0. The molecule has 0 saturated heterocycles. The molecule has 0 aromatic heterocycles. The molecule has 0 heterocycles. The molecule has 0 aliphatic carbocycles. The second kappa shape index (κ2) is 26.9. The van der Waals surface area contributed by atoms with Crippen molar-refractivity contribution in [2.45, 2.75) is 135 Å². The van der Waals surface area contributed by atoms with Crippen LogP contribution in [0.5, 0.6) is 0 Å². The average molecular weight is 416 g/mol. The maximum atomic E-state index is 9.90. The van der Waals surface area contributed by atoms with Crippen LogP contribution in [-0.2, 0) is 9.59 Å². The number of unbranched alkanes of at least 4 members (excludes halogenated alkanes) is 16. The maximum absolute atomic E-state index is 9.90. The first-order valence-electron chi connectivity index (χ1n) is 12.2. The predicted octanol–water partition coefficient (Wildman–Crippen LogP) is 6.92. The molecule has 0 amide bonds. The van der Waals surface area contributed by atoms with Crippen molar-refractivity contribution >= 4 is 11.9 Å². The maximum Gasteiger partial charge on any atom is 0.303 e. The summed E-state index contributed by atoms with van der Waals surface area (Å²) in [4.78, 5) is 19.8. The van der Waals surface area contributed by atoms with Gasteiger partial charge >= 0.3 is 11.9 Å². The molecule has 0 aromatic rings. The minimum absolute atomic E-state index is 0.0628. The normalized spacial score (nSPS) is 10.4. The topological polar surface area (TPSA) is 101 Å². The van der Waals surface area contributed by atoms with Gasteiger partial charge in [0.15, 0.2) is 0 Å². The molecule has 29 heavy (non-hydrogen) atoms. The van der Waals surface area contributed by atoms with E-state index in [0.29, 0.717) is 12.8 Å². The zero-order chi connectivity index (χ0) is 22.0. The van der Waals surface area contributed by atoms with Crippen LogP contribution < -0.4 is 5.73 Å². The Labute approximate surface area is 179 Å². The third kappa shape index (κ3) is 34.8. The van der Waals surface area contributed by atoms with Crippen LogP contribution in [0.25, 0.3) is 0 Å². The second-order valence-electron chi connectivity index (χ2n) is 8.09. The highest BCUT2D eigenvalue weighted by molar-refractivity contribution is 5.67. The van der Waals surface area contributed by atoms with Gasteiger partial charge in [-0.2, -0.15) is 0 Å². The van der Waals surface area contributed by atoms with Crippen molar-refractivity contribution in [2.75, 3.05) is 6.54 Å². The summed E-state index contributed by atoms with van der Waals surface area (Å²) in [5.74, 6) is -1.74. The van der Waals surface area contributed by atoms with Gasteiger partial charge in [-0.1, -0.05) is 103 Å². The molecule has 0 bridgehead atoms. The van der Waals surface area contributed by atoms with Crippen molar-refractivity contribution in [3.63, 3.8) is 0 Å². The van der Waals surface area contributed by atoms with Crippen molar-refractivity contribution in [3.05, 3.63) is 0 Å².